The Morgan fingerprint density at radius 2 is 1.88 bits per heavy atom. The van der Waals surface area contributed by atoms with Gasteiger partial charge >= 0.3 is 35.6 Å². The van der Waals surface area contributed by atoms with Crippen LogP contribution in [0.4, 0.5) is 4.39 Å². The summed E-state index contributed by atoms with van der Waals surface area (Å²) >= 11 is -2.65. The van der Waals surface area contributed by atoms with Crippen molar-refractivity contribution in [2.45, 2.75) is 57.3 Å². The van der Waals surface area contributed by atoms with Gasteiger partial charge in [-0.3, -0.25) is 9.19 Å². The maximum Gasteiger partial charge on any atom is 1.00 e. The predicted molar refractivity (Wildman–Crippen MR) is 125 cm³/mol. The van der Waals surface area contributed by atoms with E-state index in [1.165, 1.54) is 16.8 Å². The first kappa shape index (κ1) is 28.8. The number of rotatable bonds is 10. The largest absolute Gasteiger partial charge is 1.00 e. The zero-order chi connectivity index (χ0) is 24.2. The average Bonchev–Trinajstić information content (AvgIpc) is 3.15. The van der Waals surface area contributed by atoms with Crippen LogP contribution in [0.1, 0.15) is 25.3 Å². The molecule has 8 nitrogen and oxygen atoms in total. The monoisotopic (exact) mass is 514 g/mol. The molecular weight excluding hydrogens is 486 g/mol. The Morgan fingerprint density at radius 1 is 1.21 bits per heavy atom. The molecule has 3 rings (SSSR count). The number of nitrogens with zero attached hydrogens (tertiary/aromatic N) is 4. The van der Waals surface area contributed by atoms with Gasteiger partial charge in [-0.05, 0) is 41.8 Å². The molecule has 0 spiro atoms. The second-order valence-corrected chi connectivity index (χ2v) is 15.6. The van der Waals surface area contributed by atoms with Gasteiger partial charge < -0.3 is 14.0 Å². The van der Waals surface area contributed by atoms with Gasteiger partial charge in [0.2, 0.25) is 5.16 Å². The molecule has 0 saturated carbocycles. The van der Waals surface area contributed by atoms with E-state index in [4.69, 9.17) is 9.47 Å². The molecule has 0 N–H and O–H groups in total. The van der Waals surface area contributed by atoms with Crippen LogP contribution in [-0.2, 0) is 22.5 Å². The quantitative estimate of drug-likeness (QED) is 0.232. The number of halogens is 1. The Bertz CT molecular complexity index is 1130. The van der Waals surface area contributed by atoms with E-state index in [2.05, 4.69) is 34.7 Å². The second kappa shape index (κ2) is 12.5. The summed E-state index contributed by atoms with van der Waals surface area (Å²) < 4.78 is 50.6. The van der Waals surface area contributed by atoms with Crippen LogP contribution in [0.15, 0.2) is 41.8 Å². The Morgan fingerprint density at radius 3 is 2.47 bits per heavy atom. The van der Waals surface area contributed by atoms with E-state index < -0.39 is 30.1 Å². The van der Waals surface area contributed by atoms with Crippen LogP contribution in [0.5, 0.6) is 11.8 Å². The number of hydrogen-bond donors (Lipinski definition) is 0. The number of ether oxygens (including phenoxy) is 2. The van der Waals surface area contributed by atoms with E-state index >= 15 is 0 Å². The van der Waals surface area contributed by atoms with Gasteiger partial charge in [-0.15, -0.1) is 5.10 Å². The molecule has 34 heavy (non-hydrogen) atoms. The molecule has 0 aliphatic rings. The number of pyridine rings is 1. The van der Waals surface area contributed by atoms with Gasteiger partial charge in [0, 0.05) is 49.3 Å². The third kappa shape index (κ3) is 7.77. The van der Waals surface area contributed by atoms with E-state index in [9.17, 15) is 13.2 Å². The summed E-state index contributed by atoms with van der Waals surface area (Å²) in [6.07, 6.45) is 3.21. The van der Waals surface area contributed by atoms with Crippen molar-refractivity contribution >= 4 is 19.2 Å². The first-order valence-corrected chi connectivity index (χ1v) is 15.4. The molecule has 0 bridgehead atoms. The van der Waals surface area contributed by atoms with Crippen LogP contribution in [0.25, 0.3) is 11.1 Å². The molecule has 3 aromatic rings. The second-order valence-electron chi connectivity index (χ2n) is 9.12. The zero-order valence-corrected chi connectivity index (χ0v) is 24.2. The minimum atomic E-state index is -2.65. The Kier molecular flexibility index (Phi) is 10.6. The first-order chi connectivity index (χ1) is 15.5. The SMILES string of the molecule is CC(C)c1cc(F)cc(-c2ccncc2)c1Oc1nc(S(=O)[O-])nn1COCC[Si](C)(C)C.[Na+]. The van der Waals surface area contributed by atoms with Crippen molar-refractivity contribution in [3.8, 4) is 22.9 Å². The number of aromatic nitrogens is 4. The maximum atomic E-state index is 14.5. The van der Waals surface area contributed by atoms with E-state index in [0.717, 1.165) is 6.04 Å². The van der Waals surface area contributed by atoms with Crippen molar-refractivity contribution in [2.24, 2.45) is 0 Å². The molecule has 0 aliphatic heterocycles. The molecule has 1 unspecified atom stereocenters. The summed E-state index contributed by atoms with van der Waals surface area (Å²) in [5, 5.41) is 3.60. The van der Waals surface area contributed by atoms with Crippen molar-refractivity contribution in [3.63, 3.8) is 0 Å². The summed E-state index contributed by atoms with van der Waals surface area (Å²) in [6.45, 7) is 11.0. The van der Waals surface area contributed by atoms with Gasteiger partial charge in [-0.2, -0.15) is 9.67 Å². The van der Waals surface area contributed by atoms with Crippen LogP contribution < -0.4 is 34.3 Å². The Labute approximate surface area is 224 Å². The van der Waals surface area contributed by atoms with Crippen molar-refractivity contribution in [1.29, 1.82) is 0 Å². The van der Waals surface area contributed by atoms with Crippen LogP contribution in [0.2, 0.25) is 25.7 Å². The van der Waals surface area contributed by atoms with Crippen LogP contribution >= 0.6 is 0 Å². The molecule has 0 radical (unpaired) electrons. The van der Waals surface area contributed by atoms with Gasteiger partial charge in [-0.25, -0.2) is 4.39 Å². The molecule has 178 valence electrons. The molecular formula is C22H28FN4NaO4SSi. The molecule has 0 saturated heterocycles. The third-order valence-electron chi connectivity index (χ3n) is 4.87. The van der Waals surface area contributed by atoms with E-state index in [-0.39, 0.29) is 48.2 Å². The van der Waals surface area contributed by atoms with Gasteiger partial charge in [0.15, 0.2) is 0 Å². The van der Waals surface area contributed by atoms with Crippen molar-refractivity contribution < 1.29 is 52.2 Å². The van der Waals surface area contributed by atoms with Crippen LogP contribution in [0.3, 0.4) is 0 Å². The van der Waals surface area contributed by atoms with Crippen molar-refractivity contribution in [3.05, 3.63) is 48.0 Å². The molecule has 1 aromatic carbocycles. The standard InChI is InChI=1S/C22H29FN4O4SSi.Na/c1-15(2)18-12-17(23)13-19(16-6-8-24-9-7-16)20(18)31-22-25-21(32(28)29)26-27(22)14-30-10-11-33(3,4)5;/h6-9,12-13,15H,10-11,14H2,1-5H3,(H,28,29);/q;+1/p-1. The molecule has 0 fully saturated rings. The predicted octanol–water partition coefficient (Wildman–Crippen LogP) is 1.95. The summed E-state index contributed by atoms with van der Waals surface area (Å²) in [6, 6.07) is 7.16. The average molecular weight is 515 g/mol. The van der Waals surface area contributed by atoms with E-state index in [0.29, 0.717) is 29.0 Å². The van der Waals surface area contributed by atoms with Crippen molar-refractivity contribution in [1.82, 2.24) is 19.7 Å². The normalized spacial score (nSPS) is 12.5. The number of benzene rings is 1. The third-order valence-corrected chi connectivity index (χ3v) is 7.04. The molecule has 1 atom stereocenters. The van der Waals surface area contributed by atoms with Gasteiger partial charge in [0.25, 0.3) is 0 Å². The minimum absolute atomic E-state index is 0. The molecule has 0 amide bonds. The molecule has 0 aliphatic carbocycles. The summed E-state index contributed by atoms with van der Waals surface area (Å²) in [7, 11) is -1.29. The summed E-state index contributed by atoms with van der Waals surface area (Å²) in [5.74, 6) is -0.110. The van der Waals surface area contributed by atoms with Gasteiger partial charge in [0.1, 0.15) is 18.3 Å². The van der Waals surface area contributed by atoms with E-state index in [1.807, 2.05) is 13.8 Å². The van der Waals surface area contributed by atoms with Crippen molar-refractivity contribution in [2.75, 3.05) is 6.61 Å². The number of hydrogen-bond acceptors (Lipinski definition) is 7. The fourth-order valence-corrected chi connectivity index (χ4v) is 4.14. The minimum Gasteiger partial charge on any atom is -0.766 e. The maximum absolute atomic E-state index is 14.5. The fourth-order valence-electron chi connectivity index (χ4n) is 3.06. The molecule has 2 heterocycles. The summed E-state index contributed by atoms with van der Waals surface area (Å²) in [4.78, 5) is 8.05. The Balaban J connectivity index is 0.00000408. The van der Waals surface area contributed by atoms with Crippen LogP contribution in [0, 0.1) is 5.82 Å². The van der Waals surface area contributed by atoms with Gasteiger partial charge in [0.05, 0.1) is 0 Å². The van der Waals surface area contributed by atoms with Crippen LogP contribution in [-0.4, -0.2) is 43.2 Å². The Hall–Kier alpha value is -1.47. The first-order valence-electron chi connectivity index (χ1n) is 10.6. The fraction of sp³-hybridized carbons (Fsp3) is 0.409. The van der Waals surface area contributed by atoms with E-state index in [1.54, 1.807) is 24.5 Å². The molecule has 2 aromatic heterocycles. The topological polar surface area (TPSA) is 102 Å². The zero-order valence-electron chi connectivity index (χ0n) is 20.4. The summed E-state index contributed by atoms with van der Waals surface area (Å²) in [5.41, 5.74) is 1.81. The van der Waals surface area contributed by atoms with Gasteiger partial charge in [-0.1, -0.05) is 33.5 Å². The molecule has 12 heteroatoms. The smallest absolute Gasteiger partial charge is 0.766 e.